The third-order valence-electron chi connectivity index (χ3n) is 3.14. The number of amides is 1. The number of hydrogen-bond donors (Lipinski definition) is 2. The molecule has 0 saturated carbocycles. The molecule has 1 amide bonds. The van der Waals surface area contributed by atoms with Crippen LogP contribution in [-0.2, 0) is 9.84 Å². The minimum atomic E-state index is -3.05. The molecule has 1 atom stereocenters. The third kappa shape index (κ3) is 3.39. The Kier molecular flexibility index (Phi) is 4.01. The standard InChI is InChI=1S/C12H15ClN2O3S/c13-9-4-8(5-10(14)6-9)12(16)15-7-11-2-1-3-19(11,17)18/h4-6,11H,1-3,7,14H2,(H,15,16). The van der Waals surface area contributed by atoms with Gasteiger partial charge in [-0.15, -0.1) is 0 Å². The molecule has 1 aliphatic heterocycles. The molecule has 19 heavy (non-hydrogen) atoms. The quantitative estimate of drug-likeness (QED) is 0.822. The van der Waals surface area contributed by atoms with E-state index < -0.39 is 15.1 Å². The van der Waals surface area contributed by atoms with Crippen LogP contribution in [0.15, 0.2) is 18.2 Å². The first kappa shape index (κ1) is 14.1. The van der Waals surface area contributed by atoms with Gasteiger partial charge >= 0.3 is 0 Å². The molecular formula is C12H15ClN2O3S. The summed E-state index contributed by atoms with van der Waals surface area (Å²) in [6, 6.07) is 4.54. The van der Waals surface area contributed by atoms with Crippen molar-refractivity contribution in [2.45, 2.75) is 18.1 Å². The normalized spacial score (nSPS) is 21.2. The molecule has 0 aliphatic carbocycles. The molecule has 2 rings (SSSR count). The highest BCUT2D eigenvalue weighted by molar-refractivity contribution is 7.92. The number of nitrogens with two attached hydrogens (primary N) is 1. The fourth-order valence-corrected chi connectivity index (χ4v) is 4.15. The minimum absolute atomic E-state index is 0.133. The van der Waals surface area contributed by atoms with Gasteiger partial charge in [-0.25, -0.2) is 8.42 Å². The summed E-state index contributed by atoms with van der Waals surface area (Å²) in [5, 5.41) is 2.51. The molecule has 3 N–H and O–H groups in total. The Bertz CT molecular complexity index is 581. The van der Waals surface area contributed by atoms with Crippen molar-refractivity contribution in [1.29, 1.82) is 0 Å². The number of nitrogen functional groups attached to an aromatic ring is 1. The molecule has 1 heterocycles. The lowest BCUT2D eigenvalue weighted by Crippen LogP contribution is -2.34. The maximum atomic E-state index is 11.9. The fraction of sp³-hybridized carbons (Fsp3) is 0.417. The summed E-state index contributed by atoms with van der Waals surface area (Å²) in [6.07, 6.45) is 1.26. The number of rotatable bonds is 3. The van der Waals surface area contributed by atoms with Gasteiger partial charge in [-0.3, -0.25) is 4.79 Å². The summed E-state index contributed by atoms with van der Waals surface area (Å²) < 4.78 is 23.3. The minimum Gasteiger partial charge on any atom is -0.399 e. The number of nitrogens with one attached hydrogen (secondary N) is 1. The Hall–Kier alpha value is -1.27. The summed E-state index contributed by atoms with van der Waals surface area (Å²) in [5.41, 5.74) is 6.33. The summed E-state index contributed by atoms with van der Waals surface area (Å²) in [4.78, 5) is 11.9. The molecule has 1 unspecified atom stereocenters. The van der Waals surface area contributed by atoms with Crippen LogP contribution in [0.25, 0.3) is 0 Å². The average Bonchev–Trinajstić information content (AvgIpc) is 2.64. The Morgan fingerprint density at radius 1 is 1.42 bits per heavy atom. The lowest BCUT2D eigenvalue weighted by Gasteiger charge is -2.11. The van der Waals surface area contributed by atoms with Crippen LogP contribution in [0, 0.1) is 0 Å². The highest BCUT2D eigenvalue weighted by Gasteiger charge is 2.31. The number of carbonyl (C=O) groups excluding carboxylic acids is 1. The van der Waals surface area contributed by atoms with Crippen molar-refractivity contribution in [2.24, 2.45) is 0 Å². The molecule has 104 valence electrons. The highest BCUT2D eigenvalue weighted by Crippen LogP contribution is 2.20. The van der Waals surface area contributed by atoms with Crippen molar-refractivity contribution in [2.75, 3.05) is 18.0 Å². The second-order valence-electron chi connectivity index (χ2n) is 4.61. The second kappa shape index (κ2) is 5.38. The van der Waals surface area contributed by atoms with Gasteiger partial charge < -0.3 is 11.1 Å². The Morgan fingerprint density at radius 2 is 2.16 bits per heavy atom. The van der Waals surface area contributed by atoms with Gasteiger partial charge in [-0.1, -0.05) is 11.6 Å². The topological polar surface area (TPSA) is 89.3 Å². The van der Waals surface area contributed by atoms with Crippen molar-refractivity contribution in [3.63, 3.8) is 0 Å². The molecule has 7 heteroatoms. The van der Waals surface area contributed by atoms with Gasteiger partial charge in [-0.2, -0.15) is 0 Å². The van der Waals surface area contributed by atoms with E-state index in [4.69, 9.17) is 17.3 Å². The first-order chi connectivity index (χ1) is 8.88. The van der Waals surface area contributed by atoms with Gasteiger partial charge in [0.2, 0.25) is 0 Å². The van der Waals surface area contributed by atoms with Crippen molar-refractivity contribution in [3.8, 4) is 0 Å². The maximum absolute atomic E-state index is 11.9. The molecule has 0 radical (unpaired) electrons. The van der Waals surface area contributed by atoms with Gasteiger partial charge in [0.1, 0.15) is 0 Å². The van der Waals surface area contributed by atoms with Crippen LogP contribution in [0.2, 0.25) is 5.02 Å². The van der Waals surface area contributed by atoms with E-state index in [1.165, 1.54) is 12.1 Å². The molecule has 0 spiro atoms. The predicted octanol–water partition coefficient (Wildman–Crippen LogP) is 1.23. The van der Waals surface area contributed by atoms with E-state index in [9.17, 15) is 13.2 Å². The maximum Gasteiger partial charge on any atom is 0.251 e. The zero-order valence-corrected chi connectivity index (χ0v) is 11.8. The Morgan fingerprint density at radius 3 is 2.74 bits per heavy atom. The smallest absolute Gasteiger partial charge is 0.251 e. The summed E-state index contributed by atoms with van der Waals surface area (Å²) in [6.45, 7) is 0.133. The number of benzene rings is 1. The van der Waals surface area contributed by atoms with Crippen molar-refractivity contribution >= 4 is 33.0 Å². The summed E-state index contributed by atoms with van der Waals surface area (Å²) >= 11 is 5.81. The molecule has 1 aromatic rings. The van der Waals surface area contributed by atoms with Crippen molar-refractivity contribution in [3.05, 3.63) is 28.8 Å². The third-order valence-corrected chi connectivity index (χ3v) is 5.63. The predicted molar refractivity (Wildman–Crippen MR) is 75.0 cm³/mol. The lowest BCUT2D eigenvalue weighted by atomic mass is 10.2. The van der Waals surface area contributed by atoms with Gasteiger partial charge in [0, 0.05) is 22.8 Å². The monoisotopic (exact) mass is 302 g/mol. The van der Waals surface area contributed by atoms with Gasteiger partial charge in [0.05, 0.1) is 11.0 Å². The highest BCUT2D eigenvalue weighted by atomic mass is 35.5. The zero-order chi connectivity index (χ0) is 14.0. The number of sulfone groups is 1. The molecule has 0 bridgehead atoms. The second-order valence-corrected chi connectivity index (χ2v) is 7.45. The largest absolute Gasteiger partial charge is 0.399 e. The molecule has 1 aromatic carbocycles. The van der Waals surface area contributed by atoms with Crippen LogP contribution in [-0.4, -0.2) is 31.9 Å². The van der Waals surface area contributed by atoms with Gasteiger partial charge in [0.25, 0.3) is 5.91 Å². The van der Waals surface area contributed by atoms with Crippen molar-refractivity contribution < 1.29 is 13.2 Å². The van der Waals surface area contributed by atoms with Crippen LogP contribution in [0.4, 0.5) is 5.69 Å². The van der Waals surface area contributed by atoms with Gasteiger partial charge in [0.15, 0.2) is 9.84 Å². The van der Waals surface area contributed by atoms with Crippen molar-refractivity contribution in [1.82, 2.24) is 5.32 Å². The average molecular weight is 303 g/mol. The molecular weight excluding hydrogens is 288 g/mol. The van der Waals surface area contributed by atoms with Gasteiger partial charge in [-0.05, 0) is 31.0 Å². The van der Waals surface area contributed by atoms with E-state index in [1.54, 1.807) is 6.07 Å². The SMILES string of the molecule is Nc1cc(Cl)cc(C(=O)NCC2CCCS2(=O)=O)c1. The molecule has 1 aliphatic rings. The number of anilines is 1. The summed E-state index contributed by atoms with van der Waals surface area (Å²) in [7, 11) is -3.05. The molecule has 0 aromatic heterocycles. The molecule has 5 nitrogen and oxygen atoms in total. The lowest BCUT2D eigenvalue weighted by molar-refractivity contribution is 0.0953. The summed E-state index contributed by atoms with van der Waals surface area (Å²) in [5.74, 6) is -0.159. The van der Waals surface area contributed by atoms with E-state index in [0.717, 1.165) is 0 Å². The first-order valence-electron chi connectivity index (χ1n) is 5.94. The van der Waals surface area contributed by atoms with E-state index in [2.05, 4.69) is 5.32 Å². The van der Waals surface area contributed by atoms with Crippen LogP contribution in [0.5, 0.6) is 0 Å². The Labute approximate surface area is 117 Å². The zero-order valence-electron chi connectivity index (χ0n) is 10.2. The number of carbonyl (C=O) groups is 1. The van der Waals surface area contributed by atoms with Crippen LogP contribution in [0.1, 0.15) is 23.2 Å². The van der Waals surface area contributed by atoms with E-state index in [0.29, 0.717) is 29.1 Å². The number of halogens is 1. The van der Waals surface area contributed by atoms with E-state index in [-0.39, 0.29) is 18.2 Å². The van der Waals surface area contributed by atoms with Crippen LogP contribution < -0.4 is 11.1 Å². The van der Waals surface area contributed by atoms with E-state index in [1.807, 2.05) is 0 Å². The first-order valence-corrected chi connectivity index (χ1v) is 8.03. The Balaban J connectivity index is 2.02. The number of hydrogen-bond acceptors (Lipinski definition) is 4. The fourth-order valence-electron chi connectivity index (χ4n) is 2.14. The van der Waals surface area contributed by atoms with Crippen LogP contribution in [0.3, 0.4) is 0 Å². The molecule has 1 fully saturated rings. The van der Waals surface area contributed by atoms with Crippen LogP contribution >= 0.6 is 11.6 Å². The van der Waals surface area contributed by atoms with E-state index >= 15 is 0 Å². The molecule has 1 saturated heterocycles.